The molecule has 1 atom stereocenters. The van der Waals surface area contributed by atoms with Crippen molar-refractivity contribution in [2.75, 3.05) is 11.4 Å². The standard InChI is InChI=1S/C22H18F6N8/c1-11(2)9-16-17-13(14-10-12(3-4-15(14)31-17)36-29-6-7-30-36)5-8-35(16)20-33-18(21(23,24)25)32-19(34-20)22(26,27)28/h3-4,6-7,9-10,16,31H,5,8H2,1-2H3/t16-/m0/s1. The van der Waals surface area contributed by atoms with E-state index in [0.717, 1.165) is 22.0 Å². The second-order valence-corrected chi connectivity index (χ2v) is 8.48. The summed E-state index contributed by atoms with van der Waals surface area (Å²) in [6.45, 7) is 3.65. The highest BCUT2D eigenvalue weighted by Crippen LogP contribution is 2.39. The van der Waals surface area contributed by atoms with Crippen LogP contribution >= 0.6 is 0 Å². The molecule has 188 valence electrons. The van der Waals surface area contributed by atoms with Crippen molar-refractivity contribution in [2.45, 2.75) is 38.7 Å². The molecule has 0 aliphatic carbocycles. The van der Waals surface area contributed by atoms with Crippen LogP contribution in [-0.4, -0.2) is 41.5 Å². The summed E-state index contributed by atoms with van der Waals surface area (Å²) in [5, 5.41) is 9.10. The zero-order chi connectivity index (χ0) is 25.8. The van der Waals surface area contributed by atoms with Crippen LogP contribution in [0.2, 0.25) is 0 Å². The molecule has 4 heterocycles. The number of rotatable bonds is 3. The van der Waals surface area contributed by atoms with Crippen LogP contribution in [-0.2, 0) is 18.8 Å². The summed E-state index contributed by atoms with van der Waals surface area (Å²) in [5.74, 6) is -4.48. The minimum Gasteiger partial charge on any atom is -0.356 e. The number of benzene rings is 1. The molecule has 0 bridgehead atoms. The summed E-state index contributed by atoms with van der Waals surface area (Å²) in [7, 11) is 0. The number of hydrogen-bond acceptors (Lipinski definition) is 6. The second kappa shape index (κ2) is 8.31. The molecule has 0 fully saturated rings. The number of aromatic nitrogens is 7. The molecule has 0 spiro atoms. The molecule has 1 aromatic carbocycles. The van der Waals surface area contributed by atoms with Gasteiger partial charge in [-0.2, -0.15) is 51.3 Å². The average molecular weight is 508 g/mol. The number of fused-ring (bicyclic) bond motifs is 3. The van der Waals surface area contributed by atoms with Crippen molar-refractivity contribution in [3.8, 4) is 5.69 Å². The van der Waals surface area contributed by atoms with Gasteiger partial charge in [-0.3, -0.25) is 0 Å². The van der Waals surface area contributed by atoms with Crippen molar-refractivity contribution < 1.29 is 26.3 Å². The Hall–Kier alpha value is -3.97. The lowest BCUT2D eigenvalue weighted by Crippen LogP contribution is -2.37. The van der Waals surface area contributed by atoms with Crippen LogP contribution in [0.4, 0.5) is 32.3 Å². The molecule has 0 radical (unpaired) electrons. The number of nitrogens with one attached hydrogen (secondary N) is 1. The third-order valence-corrected chi connectivity index (χ3v) is 5.69. The van der Waals surface area contributed by atoms with E-state index in [1.807, 2.05) is 12.1 Å². The van der Waals surface area contributed by atoms with Gasteiger partial charge in [0.2, 0.25) is 17.6 Å². The molecular formula is C22H18F6N8. The van der Waals surface area contributed by atoms with Gasteiger partial charge in [0.05, 0.1) is 24.1 Å². The Morgan fingerprint density at radius 2 is 1.61 bits per heavy atom. The molecule has 8 nitrogen and oxygen atoms in total. The largest absolute Gasteiger partial charge is 0.451 e. The number of halogens is 6. The maximum atomic E-state index is 13.4. The van der Waals surface area contributed by atoms with Crippen LogP contribution < -0.4 is 4.90 Å². The Bertz CT molecular complexity index is 1420. The van der Waals surface area contributed by atoms with E-state index in [9.17, 15) is 26.3 Å². The number of alkyl halides is 6. The quantitative estimate of drug-likeness (QED) is 0.308. The minimum atomic E-state index is -5.18. The normalized spacial score (nSPS) is 16.3. The highest BCUT2D eigenvalue weighted by molar-refractivity contribution is 5.87. The molecule has 0 saturated heterocycles. The first-order valence-corrected chi connectivity index (χ1v) is 10.7. The lowest BCUT2D eigenvalue weighted by atomic mass is 9.96. The molecule has 1 aliphatic rings. The maximum absolute atomic E-state index is 13.4. The van der Waals surface area contributed by atoms with Crippen molar-refractivity contribution >= 4 is 16.9 Å². The molecule has 5 rings (SSSR count). The Morgan fingerprint density at radius 1 is 0.972 bits per heavy atom. The van der Waals surface area contributed by atoms with E-state index < -0.39 is 36.0 Å². The molecule has 0 saturated carbocycles. The summed E-state index contributed by atoms with van der Waals surface area (Å²) < 4.78 is 80.2. The zero-order valence-corrected chi connectivity index (χ0v) is 18.9. The van der Waals surface area contributed by atoms with Gasteiger partial charge >= 0.3 is 12.4 Å². The highest BCUT2D eigenvalue weighted by atomic mass is 19.4. The van der Waals surface area contributed by atoms with Crippen LogP contribution in [0.3, 0.4) is 0 Å². The van der Waals surface area contributed by atoms with E-state index in [-0.39, 0.29) is 6.54 Å². The first-order chi connectivity index (χ1) is 16.9. The summed E-state index contributed by atoms with van der Waals surface area (Å²) in [4.78, 5) is 15.5. The molecule has 1 aliphatic heterocycles. The molecule has 0 amide bonds. The van der Waals surface area contributed by atoms with Gasteiger partial charge in [0.1, 0.15) is 0 Å². The Morgan fingerprint density at radius 3 is 2.19 bits per heavy atom. The number of H-pyrrole nitrogens is 1. The van der Waals surface area contributed by atoms with Gasteiger partial charge < -0.3 is 9.88 Å². The van der Waals surface area contributed by atoms with Crippen molar-refractivity contribution in [1.82, 2.24) is 34.9 Å². The minimum absolute atomic E-state index is 0.0806. The molecule has 0 unspecified atom stereocenters. The predicted molar refractivity (Wildman–Crippen MR) is 116 cm³/mol. The number of hydrogen-bond donors (Lipinski definition) is 1. The molecule has 14 heteroatoms. The topological polar surface area (TPSA) is 88.4 Å². The van der Waals surface area contributed by atoms with Crippen LogP contribution in [0.1, 0.15) is 42.8 Å². The Kier molecular flexibility index (Phi) is 5.48. The van der Waals surface area contributed by atoms with E-state index in [2.05, 4.69) is 30.1 Å². The van der Waals surface area contributed by atoms with E-state index in [0.29, 0.717) is 17.8 Å². The fraction of sp³-hybridized carbons (Fsp3) is 0.318. The molecule has 3 aromatic heterocycles. The molecule has 4 aromatic rings. The molecular weight excluding hydrogens is 490 g/mol. The SMILES string of the molecule is CC(C)=C[C@H]1c2[nH]c3ccc(-n4nccn4)cc3c2CCN1c1nc(C(F)(F)F)nc(C(F)(F)F)n1. The highest BCUT2D eigenvalue weighted by Gasteiger charge is 2.43. The fourth-order valence-corrected chi connectivity index (χ4v) is 4.24. The van der Waals surface area contributed by atoms with Crippen LogP contribution in [0.15, 0.2) is 42.2 Å². The van der Waals surface area contributed by atoms with Gasteiger partial charge in [-0.25, -0.2) is 4.98 Å². The van der Waals surface area contributed by atoms with Crippen LogP contribution in [0.5, 0.6) is 0 Å². The van der Waals surface area contributed by atoms with Crippen molar-refractivity contribution in [2.24, 2.45) is 0 Å². The summed E-state index contributed by atoms with van der Waals surface area (Å²) in [5.41, 5.74) is 3.79. The monoisotopic (exact) mass is 508 g/mol. The first kappa shape index (κ1) is 23.8. The van der Waals surface area contributed by atoms with Crippen molar-refractivity contribution in [3.63, 3.8) is 0 Å². The summed E-state index contributed by atoms with van der Waals surface area (Å²) in [6.07, 6.45) is -5.21. The summed E-state index contributed by atoms with van der Waals surface area (Å²) >= 11 is 0. The van der Waals surface area contributed by atoms with Gasteiger partial charge in [-0.15, -0.1) is 0 Å². The van der Waals surface area contributed by atoms with E-state index in [4.69, 9.17) is 0 Å². The third-order valence-electron chi connectivity index (χ3n) is 5.69. The lowest BCUT2D eigenvalue weighted by Gasteiger charge is -2.35. The molecule has 36 heavy (non-hydrogen) atoms. The predicted octanol–water partition coefficient (Wildman–Crippen LogP) is 5.04. The van der Waals surface area contributed by atoms with E-state index in [1.165, 1.54) is 9.70 Å². The van der Waals surface area contributed by atoms with Gasteiger partial charge in [0, 0.05) is 23.1 Å². The van der Waals surface area contributed by atoms with Crippen LogP contribution in [0, 0.1) is 0 Å². The smallest absolute Gasteiger partial charge is 0.356 e. The number of anilines is 1. The van der Waals surface area contributed by atoms with Gasteiger partial charge in [0.25, 0.3) is 0 Å². The Labute approximate surface area is 199 Å². The summed E-state index contributed by atoms with van der Waals surface area (Å²) in [6, 6.07) is 4.77. The van der Waals surface area contributed by atoms with Gasteiger partial charge in [-0.1, -0.05) is 11.6 Å². The number of aromatic amines is 1. The van der Waals surface area contributed by atoms with Crippen molar-refractivity contribution in [1.29, 1.82) is 0 Å². The molecule has 1 N–H and O–H groups in total. The van der Waals surface area contributed by atoms with Crippen LogP contribution in [0.25, 0.3) is 16.6 Å². The first-order valence-electron chi connectivity index (χ1n) is 10.7. The fourth-order valence-electron chi connectivity index (χ4n) is 4.24. The number of nitrogens with zero attached hydrogens (tertiary/aromatic N) is 7. The lowest BCUT2D eigenvalue weighted by molar-refractivity contribution is -0.155. The third kappa shape index (κ3) is 4.27. The van der Waals surface area contributed by atoms with Gasteiger partial charge in [0.15, 0.2) is 0 Å². The number of allylic oxidation sites excluding steroid dienone is 1. The second-order valence-electron chi connectivity index (χ2n) is 8.48. The maximum Gasteiger partial charge on any atom is 0.451 e. The van der Waals surface area contributed by atoms with Crippen molar-refractivity contribution in [3.05, 3.63) is 65.1 Å². The average Bonchev–Trinajstić information content (AvgIpc) is 3.45. The Balaban J connectivity index is 1.65. The zero-order valence-electron chi connectivity index (χ0n) is 18.9. The van der Waals surface area contributed by atoms with Gasteiger partial charge in [-0.05, 0) is 44.0 Å². The van der Waals surface area contributed by atoms with E-state index in [1.54, 1.807) is 38.4 Å². The van der Waals surface area contributed by atoms with E-state index >= 15 is 0 Å².